The van der Waals surface area contributed by atoms with Gasteiger partial charge in [-0.05, 0) is 45.4 Å². The summed E-state index contributed by atoms with van der Waals surface area (Å²) in [6.45, 7) is 4.32. The maximum absolute atomic E-state index is 5.98. The highest BCUT2D eigenvalue weighted by Gasteiger charge is 2.20. The molecule has 0 aromatic rings. The first-order valence-electron chi connectivity index (χ1n) is 11.4. The molecule has 0 saturated heterocycles. The lowest BCUT2D eigenvalue weighted by atomic mass is 10.0. The van der Waals surface area contributed by atoms with Crippen LogP contribution in [0, 0.1) is 0 Å². The summed E-state index contributed by atoms with van der Waals surface area (Å²) in [5, 5.41) is 3.40. The molecule has 0 radical (unpaired) electrons. The third-order valence-electron chi connectivity index (χ3n) is 5.35. The van der Waals surface area contributed by atoms with Crippen LogP contribution < -0.4 is 11.1 Å². The van der Waals surface area contributed by atoms with Crippen LogP contribution in [0.5, 0.6) is 0 Å². The van der Waals surface area contributed by atoms with Gasteiger partial charge in [-0.25, -0.2) is 0 Å². The van der Waals surface area contributed by atoms with Crippen LogP contribution in [0.25, 0.3) is 0 Å². The number of nitrogens with two attached hydrogens (primary N) is 1. The van der Waals surface area contributed by atoms with Crippen LogP contribution in [0.4, 0.5) is 0 Å². The van der Waals surface area contributed by atoms with E-state index in [-0.39, 0.29) is 6.17 Å². The van der Waals surface area contributed by atoms with E-state index in [9.17, 15) is 0 Å². The predicted octanol–water partition coefficient (Wildman–Crippen LogP) is 6.42. The number of nitrogens with zero attached hydrogens (tertiary/aromatic N) is 1. The minimum atomic E-state index is 0.0998. The summed E-state index contributed by atoms with van der Waals surface area (Å²) in [5.74, 6) is 0. The highest BCUT2D eigenvalue weighted by atomic mass is 15.3. The average molecular weight is 364 g/mol. The number of rotatable bonds is 17. The summed E-state index contributed by atoms with van der Waals surface area (Å²) < 4.78 is 0. The van der Waals surface area contributed by atoms with E-state index in [0.717, 1.165) is 0 Å². The molecule has 1 rings (SSSR count). The lowest BCUT2D eigenvalue weighted by molar-refractivity contribution is 0.208. The molecule has 26 heavy (non-hydrogen) atoms. The van der Waals surface area contributed by atoms with Crippen LogP contribution in [-0.4, -0.2) is 17.2 Å². The van der Waals surface area contributed by atoms with Crippen molar-refractivity contribution in [2.75, 3.05) is 0 Å². The predicted molar refractivity (Wildman–Crippen MR) is 116 cm³/mol. The first kappa shape index (κ1) is 23.1. The number of unbranched alkanes of at least 4 members (excludes halogenated alkanes) is 12. The lowest BCUT2D eigenvalue weighted by Gasteiger charge is -2.28. The highest BCUT2D eigenvalue weighted by Crippen LogP contribution is 2.16. The number of hydrogen-bond acceptors (Lipinski definition) is 3. The van der Waals surface area contributed by atoms with Crippen LogP contribution in [0.3, 0.4) is 0 Å². The van der Waals surface area contributed by atoms with Crippen molar-refractivity contribution in [1.29, 1.82) is 0 Å². The van der Waals surface area contributed by atoms with Gasteiger partial charge in [0.2, 0.25) is 0 Å². The zero-order chi connectivity index (χ0) is 18.9. The summed E-state index contributed by atoms with van der Waals surface area (Å²) in [5.41, 5.74) is 5.98. The largest absolute Gasteiger partial charge is 0.370 e. The van der Waals surface area contributed by atoms with Crippen molar-refractivity contribution in [3.05, 3.63) is 24.6 Å². The molecule has 0 amide bonds. The second kappa shape index (κ2) is 16.2. The fourth-order valence-electron chi connectivity index (χ4n) is 3.67. The van der Waals surface area contributed by atoms with Crippen LogP contribution in [0.2, 0.25) is 0 Å². The fraction of sp³-hybridized carbons (Fsp3) is 0.826. The summed E-state index contributed by atoms with van der Waals surface area (Å²) in [6, 6.07) is 0. The van der Waals surface area contributed by atoms with E-state index in [1.165, 1.54) is 96.3 Å². The Kier molecular flexibility index (Phi) is 14.4. The normalized spacial score (nSPS) is 18.0. The van der Waals surface area contributed by atoms with Gasteiger partial charge in [0.25, 0.3) is 0 Å². The van der Waals surface area contributed by atoms with Crippen LogP contribution in [0.15, 0.2) is 24.6 Å². The second-order valence-electron chi connectivity index (χ2n) is 7.91. The molecule has 0 spiro atoms. The molecule has 1 aliphatic rings. The molecule has 1 aliphatic heterocycles. The first-order valence-corrected chi connectivity index (χ1v) is 11.4. The maximum atomic E-state index is 5.98. The highest BCUT2D eigenvalue weighted by molar-refractivity contribution is 4.95. The number of hydrogen-bond donors (Lipinski definition) is 2. The zero-order valence-corrected chi connectivity index (χ0v) is 17.6. The molecule has 0 aromatic heterocycles. The molecular weight excluding hydrogens is 318 g/mol. The van der Waals surface area contributed by atoms with Gasteiger partial charge in [-0.15, -0.1) is 0 Å². The monoisotopic (exact) mass is 363 g/mol. The van der Waals surface area contributed by atoms with Crippen molar-refractivity contribution in [2.24, 2.45) is 5.73 Å². The third kappa shape index (κ3) is 11.6. The molecular formula is C23H45N3. The molecule has 0 bridgehead atoms. The Labute approximate surface area is 163 Å². The Balaban J connectivity index is 1.79. The fourth-order valence-corrected chi connectivity index (χ4v) is 3.67. The van der Waals surface area contributed by atoms with Crippen LogP contribution in [-0.2, 0) is 0 Å². The van der Waals surface area contributed by atoms with Crippen molar-refractivity contribution >= 4 is 0 Å². The molecule has 3 N–H and O–H groups in total. The lowest BCUT2D eigenvalue weighted by Crippen LogP contribution is -2.44. The molecule has 3 heteroatoms. The Morgan fingerprint density at radius 1 is 0.885 bits per heavy atom. The third-order valence-corrected chi connectivity index (χ3v) is 5.35. The molecule has 0 aromatic carbocycles. The summed E-state index contributed by atoms with van der Waals surface area (Å²) >= 11 is 0. The molecule has 152 valence electrons. The number of allylic oxidation sites excluding steroid dienone is 2. The van der Waals surface area contributed by atoms with Gasteiger partial charge in [0, 0.05) is 12.4 Å². The standard InChI is InChI=1S/C23H45N3/c1-3-4-5-6-7-8-9-10-11-12-13-14-15-16-17-18-19-23-25-20-21-26(23)22(2)24/h7-8,20-23,25H,3-6,9-19,24H2,1-2H3/b8-7+. The SMILES string of the molecule is CCCCC/C=C/CCCCCCCCCCCC1NC=CN1C(C)N. The van der Waals surface area contributed by atoms with E-state index in [0.29, 0.717) is 6.17 Å². The quantitative estimate of drug-likeness (QED) is 0.231. The van der Waals surface area contributed by atoms with E-state index in [2.05, 4.69) is 35.5 Å². The Morgan fingerprint density at radius 2 is 1.42 bits per heavy atom. The molecule has 0 saturated carbocycles. The van der Waals surface area contributed by atoms with E-state index in [4.69, 9.17) is 5.73 Å². The Morgan fingerprint density at radius 3 is 2.00 bits per heavy atom. The minimum Gasteiger partial charge on any atom is -0.370 e. The van der Waals surface area contributed by atoms with Crippen molar-refractivity contribution in [2.45, 2.75) is 122 Å². The van der Waals surface area contributed by atoms with E-state index >= 15 is 0 Å². The van der Waals surface area contributed by atoms with Crippen molar-refractivity contribution in [3.8, 4) is 0 Å². The van der Waals surface area contributed by atoms with Crippen molar-refractivity contribution in [3.63, 3.8) is 0 Å². The molecule has 0 aliphatic carbocycles. The smallest absolute Gasteiger partial charge is 0.0995 e. The van der Waals surface area contributed by atoms with Crippen LogP contribution in [0.1, 0.15) is 110 Å². The topological polar surface area (TPSA) is 41.3 Å². The zero-order valence-electron chi connectivity index (χ0n) is 17.6. The maximum Gasteiger partial charge on any atom is 0.0995 e. The second-order valence-corrected chi connectivity index (χ2v) is 7.91. The van der Waals surface area contributed by atoms with Gasteiger partial charge in [0.05, 0.1) is 12.3 Å². The number of nitrogens with one attached hydrogen (secondary N) is 1. The van der Waals surface area contributed by atoms with Crippen molar-refractivity contribution < 1.29 is 0 Å². The molecule has 1 heterocycles. The molecule has 2 atom stereocenters. The first-order chi connectivity index (χ1) is 12.8. The van der Waals surface area contributed by atoms with Gasteiger partial charge >= 0.3 is 0 Å². The molecule has 3 nitrogen and oxygen atoms in total. The molecule has 2 unspecified atom stereocenters. The average Bonchev–Trinajstić information content (AvgIpc) is 3.10. The summed E-state index contributed by atoms with van der Waals surface area (Å²) in [4.78, 5) is 2.22. The Bertz CT molecular complexity index is 362. The van der Waals surface area contributed by atoms with Crippen molar-refractivity contribution in [1.82, 2.24) is 10.2 Å². The van der Waals surface area contributed by atoms with Gasteiger partial charge in [0.1, 0.15) is 0 Å². The van der Waals surface area contributed by atoms with Gasteiger partial charge in [-0.3, -0.25) is 0 Å². The van der Waals surface area contributed by atoms with Gasteiger partial charge < -0.3 is 16.0 Å². The van der Waals surface area contributed by atoms with E-state index in [1.807, 2.05) is 13.1 Å². The van der Waals surface area contributed by atoms with Gasteiger partial charge in [-0.2, -0.15) is 0 Å². The van der Waals surface area contributed by atoms with Gasteiger partial charge in [0.15, 0.2) is 0 Å². The Hall–Kier alpha value is -0.960. The van der Waals surface area contributed by atoms with Gasteiger partial charge in [-0.1, -0.05) is 76.9 Å². The van der Waals surface area contributed by atoms with E-state index < -0.39 is 0 Å². The molecule has 0 fully saturated rings. The summed E-state index contributed by atoms with van der Waals surface area (Å²) in [6.07, 6.45) is 29.7. The van der Waals surface area contributed by atoms with E-state index in [1.54, 1.807) is 0 Å². The minimum absolute atomic E-state index is 0.0998. The van der Waals surface area contributed by atoms with Crippen LogP contribution >= 0.6 is 0 Å². The summed E-state index contributed by atoms with van der Waals surface area (Å²) in [7, 11) is 0.